The van der Waals surface area contributed by atoms with Crippen molar-refractivity contribution < 1.29 is 27.0 Å². The van der Waals surface area contributed by atoms with E-state index in [1.807, 2.05) is 0 Å². The molecule has 1 fully saturated rings. The van der Waals surface area contributed by atoms with Crippen LogP contribution in [0.4, 0.5) is 28.0 Å². The third-order valence-corrected chi connectivity index (χ3v) is 6.65. The average Bonchev–Trinajstić information content (AvgIpc) is 3.42. The zero-order valence-corrected chi connectivity index (χ0v) is 18.3. The van der Waals surface area contributed by atoms with Crippen molar-refractivity contribution in [1.29, 1.82) is 0 Å². The quantitative estimate of drug-likeness (QED) is 0.394. The van der Waals surface area contributed by atoms with E-state index in [1.165, 1.54) is 29.2 Å². The molecule has 0 unspecified atom stereocenters. The summed E-state index contributed by atoms with van der Waals surface area (Å²) < 4.78 is 60.9. The molecule has 0 radical (unpaired) electrons. The van der Waals surface area contributed by atoms with Crippen molar-refractivity contribution in [2.24, 2.45) is 0 Å². The molecule has 13 heteroatoms. The van der Waals surface area contributed by atoms with Crippen LogP contribution in [-0.2, 0) is 12.6 Å². The first-order valence-electron chi connectivity index (χ1n) is 11.0. The number of hydrogen-bond donors (Lipinski definition) is 2. The molecule has 1 saturated heterocycles. The van der Waals surface area contributed by atoms with Crippen molar-refractivity contribution in [2.75, 3.05) is 5.32 Å². The number of aromatic amines is 1. The molecule has 2 aliphatic heterocycles. The molecule has 0 aliphatic carbocycles. The SMILES string of the molecule is O=C(Nc1cc(-c2ccc3nonc3c2)c(C(F)(F)F)cc1F)N1[C@H]2CC[C@@H]1c1n[nH]c(=O)cc1C2. The van der Waals surface area contributed by atoms with Crippen molar-refractivity contribution in [3.63, 3.8) is 0 Å². The molecule has 2 amide bonds. The lowest BCUT2D eigenvalue weighted by atomic mass is 9.97. The molecule has 2 N–H and O–H groups in total. The number of aromatic nitrogens is 4. The van der Waals surface area contributed by atoms with Gasteiger partial charge < -0.3 is 10.2 Å². The summed E-state index contributed by atoms with van der Waals surface area (Å²) in [6, 6.07) is 5.59. The van der Waals surface area contributed by atoms with Gasteiger partial charge in [-0.05, 0) is 70.5 Å². The smallest absolute Gasteiger partial charge is 0.313 e. The molecule has 4 heterocycles. The van der Waals surface area contributed by atoms with Crippen LogP contribution >= 0.6 is 0 Å². The van der Waals surface area contributed by atoms with Crippen LogP contribution in [0.25, 0.3) is 22.2 Å². The van der Waals surface area contributed by atoms with Crippen molar-refractivity contribution in [2.45, 2.75) is 37.5 Å². The highest BCUT2D eigenvalue weighted by molar-refractivity contribution is 5.92. The van der Waals surface area contributed by atoms with Crippen molar-refractivity contribution >= 4 is 22.8 Å². The average molecular weight is 500 g/mol. The molecule has 9 nitrogen and oxygen atoms in total. The number of benzene rings is 2. The Labute approximate surface area is 199 Å². The Morgan fingerprint density at radius 3 is 2.72 bits per heavy atom. The van der Waals surface area contributed by atoms with E-state index in [0.29, 0.717) is 36.5 Å². The van der Waals surface area contributed by atoms with Crippen LogP contribution in [0.5, 0.6) is 0 Å². The molecule has 0 spiro atoms. The number of anilines is 1. The fourth-order valence-corrected chi connectivity index (χ4v) is 5.09. The number of H-pyrrole nitrogens is 1. The molecule has 2 aromatic carbocycles. The van der Waals surface area contributed by atoms with Crippen molar-refractivity contribution in [1.82, 2.24) is 25.4 Å². The molecule has 0 saturated carbocycles. The van der Waals surface area contributed by atoms with Gasteiger partial charge in [0, 0.05) is 12.1 Å². The zero-order valence-electron chi connectivity index (χ0n) is 18.3. The van der Waals surface area contributed by atoms with Crippen molar-refractivity contribution in [3.05, 3.63) is 69.4 Å². The predicted octanol–water partition coefficient (Wildman–Crippen LogP) is 4.42. The van der Waals surface area contributed by atoms with E-state index in [0.717, 1.165) is 11.6 Å². The lowest BCUT2D eigenvalue weighted by Gasteiger charge is -2.35. The number of nitrogens with zero attached hydrogens (tertiary/aromatic N) is 4. The second-order valence-electron chi connectivity index (χ2n) is 8.77. The van der Waals surface area contributed by atoms with Gasteiger partial charge in [0.05, 0.1) is 23.0 Å². The maximum absolute atomic E-state index is 14.9. The predicted molar refractivity (Wildman–Crippen MR) is 117 cm³/mol. The van der Waals surface area contributed by atoms with E-state index in [1.54, 1.807) is 0 Å². The van der Waals surface area contributed by atoms with Gasteiger partial charge in [-0.3, -0.25) is 4.79 Å². The van der Waals surface area contributed by atoms with E-state index in [9.17, 15) is 27.2 Å². The topological polar surface area (TPSA) is 117 Å². The van der Waals surface area contributed by atoms with Crippen LogP contribution in [0.1, 0.15) is 35.7 Å². The summed E-state index contributed by atoms with van der Waals surface area (Å²) in [7, 11) is 0. The Balaban J connectivity index is 1.37. The number of carbonyl (C=O) groups is 1. The zero-order chi connectivity index (χ0) is 25.2. The molecular formula is C23H16F4N6O3. The van der Waals surface area contributed by atoms with Crippen molar-refractivity contribution in [3.8, 4) is 11.1 Å². The highest BCUT2D eigenvalue weighted by atomic mass is 19.4. The second-order valence-corrected chi connectivity index (χ2v) is 8.77. The highest BCUT2D eigenvalue weighted by Crippen LogP contribution is 2.43. The van der Waals surface area contributed by atoms with Gasteiger partial charge >= 0.3 is 12.2 Å². The molecule has 36 heavy (non-hydrogen) atoms. The molecule has 184 valence electrons. The van der Waals surface area contributed by atoms with E-state index < -0.39 is 35.3 Å². The minimum absolute atomic E-state index is 0.0983. The van der Waals surface area contributed by atoms with Crippen LogP contribution in [0.3, 0.4) is 0 Å². The van der Waals surface area contributed by atoms with Gasteiger partial charge in [-0.2, -0.15) is 18.3 Å². The summed E-state index contributed by atoms with van der Waals surface area (Å²) in [4.78, 5) is 26.4. The molecule has 2 aliphatic rings. The summed E-state index contributed by atoms with van der Waals surface area (Å²) >= 11 is 0. The first-order valence-corrected chi connectivity index (χ1v) is 11.0. The monoisotopic (exact) mass is 500 g/mol. The lowest BCUT2D eigenvalue weighted by molar-refractivity contribution is -0.137. The number of nitrogens with one attached hydrogen (secondary N) is 2. The van der Waals surface area contributed by atoms with Gasteiger partial charge in [0.15, 0.2) is 0 Å². The van der Waals surface area contributed by atoms with E-state index in [-0.39, 0.29) is 28.2 Å². The highest BCUT2D eigenvalue weighted by Gasteiger charge is 2.44. The van der Waals surface area contributed by atoms with Gasteiger partial charge in [-0.15, -0.1) is 0 Å². The number of hydrogen-bond acceptors (Lipinski definition) is 6. The first-order chi connectivity index (χ1) is 17.2. The lowest BCUT2D eigenvalue weighted by Crippen LogP contribution is -2.45. The molecule has 2 bridgehead atoms. The minimum Gasteiger partial charge on any atom is -0.313 e. The first kappa shape index (κ1) is 22.2. The Morgan fingerprint density at radius 1 is 1.11 bits per heavy atom. The molecular weight excluding hydrogens is 484 g/mol. The van der Waals surface area contributed by atoms with Gasteiger partial charge in [0.1, 0.15) is 16.9 Å². The normalized spacial score (nSPS) is 18.9. The van der Waals surface area contributed by atoms with Gasteiger partial charge in [0.25, 0.3) is 5.56 Å². The Bertz CT molecular complexity index is 1580. The number of alkyl halides is 3. The summed E-state index contributed by atoms with van der Waals surface area (Å²) in [5, 5.41) is 16.2. The summed E-state index contributed by atoms with van der Waals surface area (Å²) in [6.07, 6.45) is -3.21. The number of halogens is 4. The van der Waals surface area contributed by atoms with Crippen LogP contribution < -0.4 is 10.9 Å². The summed E-state index contributed by atoms with van der Waals surface area (Å²) in [5.41, 5.74) is -0.308. The van der Waals surface area contributed by atoms with Gasteiger partial charge in [-0.25, -0.2) is 18.9 Å². The fourth-order valence-electron chi connectivity index (χ4n) is 5.09. The third-order valence-electron chi connectivity index (χ3n) is 6.65. The van der Waals surface area contributed by atoms with Gasteiger partial charge in [0.2, 0.25) is 0 Å². The Hall–Kier alpha value is -4.29. The van der Waals surface area contributed by atoms with Crippen LogP contribution in [-0.4, -0.2) is 37.5 Å². The Kier molecular flexibility index (Phi) is 4.85. The van der Waals surface area contributed by atoms with Crippen LogP contribution in [0.15, 0.2) is 45.8 Å². The standard InChI is InChI=1S/C23H16F4N6O3/c24-15-9-14(23(25,26)27)13(10-1-3-16-18(6-10)32-36-31-16)8-17(15)28-22(35)33-12-2-4-19(33)21-11(5-12)7-20(34)29-30-21/h1,3,6-9,12,19H,2,4-5H2,(H,28,35)(H,29,34)/t12-,19+/m0/s1. The van der Waals surface area contributed by atoms with E-state index in [2.05, 4.69) is 30.5 Å². The molecule has 6 rings (SSSR count). The maximum atomic E-state index is 14.9. The largest absolute Gasteiger partial charge is 0.417 e. The van der Waals surface area contributed by atoms with Gasteiger partial charge in [-0.1, -0.05) is 6.07 Å². The maximum Gasteiger partial charge on any atom is 0.417 e. The minimum atomic E-state index is -4.85. The second kappa shape index (κ2) is 7.86. The number of amides is 2. The number of carbonyl (C=O) groups excluding carboxylic acids is 1. The number of fused-ring (bicyclic) bond motifs is 5. The third kappa shape index (κ3) is 3.58. The molecule has 4 aromatic rings. The molecule has 2 aromatic heterocycles. The summed E-state index contributed by atoms with van der Waals surface area (Å²) in [5.74, 6) is -1.23. The van der Waals surface area contributed by atoms with E-state index in [4.69, 9.17) is 0 Å². The van der Waals surface area contributed by atoms with Crippen LogP contribution in [0, 0.1) is 5.82 Å². The van der Waals surface area contributed by atoms with E-state index >= 15 is 0 Å². The fraction of sp³-hybridized carbons (Fsp3) is 0.261. The van der Waals surface area contributed by atoms with Crippen LogP contribution in [0.2, 0.25) is 0 Å². The molecule has 2 atom stereocenters. The Morgan fingerprint density at radius 2 is 1.92 bits per heavy atom. The summed E-state index contributed by atoms with van der Waals surface area (Å²) in [6.45, 7) is 0. The number of rotatable bonds is 2. The number of urea groups is 1.